The van der Waals surface area contributed by atoms with Crippen LogP contribution in [0.25, 0.3) is 0 Å². The molecule has 3 aromatic carbocycles. The van der Waals surface area contributed by atoms with Crippen LogP contribution in [0.15, 0.2) is 91.0 Å². The van der Waals surface area contributed by atoms with E-state index in [0.29, 0.717) is 13.2 Å². The van der Waals surface area contributed by atoms with E-state index in [0.717, 1.165) is 38.9 Å². The van der Waals surface area contributed by atoms with Crippen LogP contribution in [0.1, 0.15) is 48.9 Å². The van der Waals surface area contributed by atoms with E-state index in [1.165, 1.54) is 39.3 Å². The SMILES string of the molecule is C/C=C/COCCCc1ccc(N(c2ccc(CCCOC/C=C/C)cc2)c2ccc(C)c(C)c2)cc1. The summed E-state index contributed by atoms with van der Waals surface area (Å²) in [6.45, 7) is 11.4. The molecular weight excluding hydrogens is 454 g/mol. The molecule has 0 saturated heterocycles. The molecule has 0 amide bonds. The number of rotatable bonds is 15. The number of hydrogen-bond acceptors (Lipinski definition) is 3. The van der Waals surface area contributed by atoms with Crippen molar-refractivity contribution in [3.8, 4) is 0 Å². The third kappa shape index (κ3) is 9.35. The van der Waals surface area contributed by atoms with Gasteiger partial charge in [0.15, 0.2) is 0 Å². The topological polar surface area (TPSA) is 21.7 Å². The molecule has 37 heavy (non-hydrogen) atoms. The predicted molar refractivity (Wildman–Crippen MR) is 159 cm³/mol. The van der Waals surface area contributed by atoms with Gasteiger partial charge in [0.1, 0.15) is 0 Å². The van der Waals surface area contributed by atoms with Gasteiger partial charge in [-0.15, -0.1) is 0 Å². The van der Waals surface area contributed by atoms with E-state index < -0.39 is 0 Å². The lowest BCUT2D eigenvalue weighted by Gasteiger charge is -2.26. The maximum Gasteiger partial charge on any atom is 0.0647 e. The van der Waals surface area contributed by atoms with Gasteiger partial charge in [-0.2, -0.15) is 0 Å². The minimum absolute atomic E-state index is 0.698. The van der Waals surface area contributed by atoms with E-state index >= 15 is 0 Å². The Balaban J connectivity index is 1.71. The quantitative estimate of drug-likeness (QED) is 0.155. The number of ether oxygens (including phenoxy) is 2. The van der Waals surface area contributed by atoms with Crippen LogP contribution in [0.3, 0.4) is 0 Å². The van der Waals surface area contributed by atoms with Gasteiger partial charge in [-0.3, -0.25) is 0 Å². The fourth-order valence-corrected chi connectivity index (χ4v) is 4.19. The minimum atomic E-state index is 0.698. The fourth-order valence-electron chi connectivity index (χ4n) is 4.19. The van der Waals surface area contributed by atoms with E-state index in [1.807, 2.05) is 38.2 Å². The Labute approximate surface area is 224 Å². The molecule has 3 heteroatoms. The zero-order chi connectivity index (χ0) is 26.3. The van der Waals surface area contributed by atoms with E-state index in [9.17, 15) is 0 Å². The molecule has 0 spiro atoms. The second kappa shape index (κ2) is 15.9. The highest BCUT2D eigenvalue weighted by atomic mass is 16.5. The van der Waals surface area contributed by atoms with Gasteiger partial charge in [0.05, 0.1) is 13.2 Å². The zero-order valence-electron chi connectivity index (χ0n) is 23.1. The molecule has 3 rings (SSSR count). The molecule has 3 nitrogen and oxygen atoms in total. The van der Waals surface area contributed by atoms with Gasteiger partial charge in [-0.1, -0.05) is 54.6 Å². The van der Waals surface area contributed by atoms with Crippen LogP contribution in [0.5, 0.6) is 0 Å². The third-order valence-electron chi connectivity index (χ3n) is 6.55. The number of anilines is 3. The van der Waals surface area contributed by atoms with Crippen molar-refractivity contribution in [2.24, 2.45) is 0 Å². The Bertz CT molecular complexity index is 1050. The first-order chi connectivity index (χ1) is 18.1. The summed E-state index contributed by atoms with van der Waals surface area (Å²) in [5.41, 5.74) is 8.80. The van der Waals surface area contributed by atoms with Crippen molar-refractivity contribution >= 4 is 17.1 Å². The molecule has 0 aromatic heterocycles. The third-order valence-corrected chi connectivity index (χ3v) is 6.55. The van der Waals surface area contributed by atoms with Gasteiger partial charge in [0.2, 0.25) is 0 Å². The molecule has 0 aliphatic rings. The molecule has 196 valence electrons. The van der Waals surface area contributed by atoms with Crippen LogP contribution >= 0.6 is 0 Å². The Morgan fingerprint density at radius 3 is 1.49 bits per heavy atom. The van der Waals surface area contributed by atoms with Crippen molar-refractivity contribution in [3.05, 3.63) is 113 Å². The van der Waals surface area contributed by atoms with Crippen molar-refractivity contribution in [3.63, 3.8) is 0 Å². The lowest BCUT2D eigenvalue weighted by Crippen LogP contribution is -2.10. The maximum atomic E-state index is 5.65. The molecule has 0 bridgehead atoms. The molecule has 0 heterocycles. The van der Waals surface area contributed by atoms with E-state index in [1.54, 1.807) is 0 Å². The molecule has 0 N–H and O–H groups in total. The highest BCUT2D eigenvalue weighted by Crippen LogP contribution is 2.35. The van der Waals surface area contributed by atoms with Crippen LogP contribution in [-0.2, 0) is 22.3 Å². The van der Waals surface area contributed by atoms with Gasteiger partial charge in [0.25, 0.3) is 0 Å². The molecule has 0 aliphatic carbocycles. The average Bonchev–Trinajstić information content (AvgIpc) is 2.92. The van der Waals surface area contributed by atoms with Crippen LogP contribution < -0.4 is 4.90 Å². The largest absolute Gasteiger partial charge is 0.377 e. The summed E-state index contributed by atoms with van der Waals surface area (Å²) >= 11 is 0. The zero-order valence-corrected chi connectivity index (χ0v) is 23.1. The molecule has 0 unspecified atom stereocenters. The number of allylic oxidation sites excluding steroid dienone is 2. The number of aryl methyl sites for hydroxylation is 4. The standard InChI is InChI=1S/C34H43NO2/c1-5-7-23-36-25-9-11-30-14-19-32(20-15-30)35(34-18-13-28(3)29(4)27-34)33-21-16-31(17-22-33)12-10-26-37-24-8-6-2/h5-8,13-22,27H,9-12,23-26H2,1-4H3/b7-5+,8-6+. The first-order valence-corrected chi connectivity index (χ1v) is 13.6. The highest BCUT2D eigenvalue weighted by Gasteiger charge is 2.13. The van der Waals surface area contributed by atoms with Crippen LogP contribution in [-0.4, -0.2) is 26.4 Å². The van der Waals surface area contributed by atoms with Gasteiger partial charge in [-0.25, -0.2) is 0 Å². The Morgan fingerprint density at radius 2 is 1.05 bits per heavy atom. The average molecular weight is 498 g/mol. The van der Waals surface area contributed by atoms with Gasteiger partial charge in [-0.05, 0) is 112 Å². The Morgan fingerprint density at radius 1 is 0.595 bits per heavy atom. The molecule has 0 atom stereocenters. The van der Waals surface area contributed by atoms with Crippen molar-refractivity contribution in [1.82, 2.24) is 0 Å². The van der Waals surface area contributed by atoms with E-state index in [2.05, 4.69) is 85.5 Å². The van der Waals surface area contributed by atoms with Crippen LogP contribution in [0.4, 0.5) is 17.1 Å². The lowest BCUT2D eigenvalue weighted by molar-refractivity contribution is 0.159. The molecule has 0 fully saturated rings. The Kier molecular flexibility index (Phi) is 12.2. The maximum absolute atomic E-state index is 5.65. The Hall–Kier alpha value is -3.14. The van der Waals surface area contributed by atoms with Crippen LogP contribution in [0, 0.1) is 13.8 Å². The molecular formula is C34H43NO2. The van der Waals surface area contributed by atoms with E-state index in [4.69, 9.17) is 9.47 Å². The summed E-state index contributed by atoms with van der Waals surface area (Å²) in [5.74, 6) is 0. The predicted octanol–water partition coefficient (Wildman–Crippen LogP) is 8.82. The summed E-state index contributed by atoms with van der Waals surface area (Å²) in [7, 11) is 0. The molecule has 0 saturated carbocycles. The first kappa shape index (κ1) is 28.4. The molecule has 0 radical (unpaired) electrons. The number of nitrogens with zero attached hydrogens (tertiary/aromatic N) is 1. The second-order valence-electron chi connectivity index (χ2n) is 9.43. The van der Waals surface area contributed by atoms with Gasteiger partial charge in [0, 0.05) is 30.3 Å². The summed E-state index contributed by atoms with van der Waals surface area (Å²) in [5, 5.41) is 0. The van der Waals surface area contributed by atoms with Crippen LogP contribution in [0.2, 0.25) is 0 Å². The van der Waals surface area contributed by atoms with Crippen molar-refractivity contribution in [1.29, 1.82) is 0 Å². The first-order valence-electron chi connectivity index (χ1n) is 13.6. The summed E-state index contributed by atoms with van der Waals surface area (Å²) in [4.78, 5) is 2.35. The number of benzene rings is 3. The number of hydrogen-bond donors (Lipinski definition) is 0. The molecule has 0 aliphatic heterocycles. The summed E-state index contributed by atoms with van der Waals surface area (Å²) < 4.78 is 11.3. The summed E-state index contributed by atoms with van der Waals surface area (Å²) in [6, 6.07) is 24.6. The molecule has 3 aromatic rings. The normalized spacial score (nSPS) is 11.6. The van der Waals surface area contributed by atoms with Crippen molar-refractivity contribution in [2.45, 2.75) is 53.4 Å². The minimum Gasteiger partial charge on any atom is -0.377 e. The lowest BCUT2D eigenvalue weighted by atomic mass is 10.1. The summed E-state index contributed by atoms with van der Waals surface area (Å²) in [6.07, 6.45) is 12.2. The smallest absolute Gasteiger partial charge is 0.0647 e. The highest BCUT2D eigenvalue weighted by molar-refractivity contribution is 5.77. The van der Waals surface area contributed by atoms with Crippen molar-refractivity contribution < 1.29 is 9.47 Å². The van der Waals surface area contributed by atoms with E-state index in [-0.39, 0.29) is 0 Å². The second-order valence-corrected chi connectivity index (χ2v) is 9.43. The van der Waals surface area contributed by atoms with Gasteiger partial charge < -0.3 is 14.4 Å². The fraction of sp³-hybridized carbons (Fsp3) is 0.353. The monoisotopic (exact) mass is 497 g/mol. The van der Waals surface area contributed by atoms with Gasteiger partial charge >= 0.3 is 0 Å². The van der Waals surface area contributed by atoms with Crippen molar-refractivity contribution in [2.75, 3.05) is 31.3 Å².